The van der Waals surface area contributed by atoms with Gasteiger partial charge in [-0.15, -0.1) is 0 Å². The largest absolute Gasteiger partial charge is 0.457 e. The molecule has 308 valence electrons. The molecule has 10 heteroatoms. The number of para-hydroxylation sites is 1. The van der Waals surface area contributed by atoms with Gasteiger partial charge in [0.05, 0.1) is 24.4 Å². The number of hydrogen-bond donors (Lipinski definition) is 4. The van der Waals surface area contributed by atoms with Crippen LogP contribution >= 0.6 is 11.6 Å². The standard InChI is InChI=1S/C50H50ClN3O6/c1-34-46(32-54-28-26-50(57,27-29-54)41-18-20-42(51)21-19-41)59-48(60-47(34)38-12-10-35(33-55)11-13-38)39-16-14-37(15-17-39)40-7-5-6-36(30-40)31-52-49(56)53-43-22-24-45(25-23-43)58-44-8-3-2-4-9-44/h2-25,30,34,46-48,55,57H,26-29,31-33H2,1H3,(H2,52,53,56)/t34-,46+,47+,48+/m0/s1. The Morgan fingerprint density at radius 3 is 2.15 bits per heavy atom. The van der Waals surface area contributed by atoms with Crippen molar-refractivity contribution in [1.29, 1.82) is 0 Å². The normalized spacial score (nSPS) is 20.3. The second-order valence-corrected chi connectivity index (χ2v) is 16.2. The number of halogens is 1. The smallest absolute Gasteiger partial charge is 0.319 e. The molecule has 6 aromatic rings. The average molecular weight is 824 g/mol. The Hall–Kier alpha value is -5.52. The van der Waals surface area contributed by atoms with Crippen LogP contribution in [0.3, 0.4) is 0 Å². The Labute approximate surface area is 356 Å². The molecule has 0 bridgehead atoms. The van der Waals surface area contributed by atoms with Crippen molar-refractivity contribution >= 4 is 23.3 Å². The molecule has 0 aromatic heterocycles. The number of carbonyl (C=O) groups is 1. The third kappa shape index (κ3) is 10.1. The fraction of sp³-hybridized carbons (Fsp3) is 0.260. The molecule has 2 fully saturated rings. The molecule has 0 unspecified atom stereocenters. The summed E-state index contributed by atoms with van der Waals surface area (Å²) < 4.78 is 19.4. The van der Waals surface area contributed by atoms with Crippen LogP contribution in [0.4, 0.5) is 10.5 Å². The molecule has 2 aliphatic heterocycles. The van der Waals surface area contributed by atoms with Crippen LogP contribution < -0.4 is 15.4 Å². The minimum absolute atomic E-state index is 0.0181. The maximum absolute atomic E-state index is 12.8. The van der Waals surface area contributed by atoms with Gasteiger partial charge < -0.3 is 40.0 Å². The molecule has 2 heterocycles. The van der Waals surface area contributed by atoms with Crippen LogP contribution in [0, 0.1) is 5.92 Å². The van der Waals surface area contributed by atoms with Gasteiger partial charge in [-0.3, -0.25) is 0 Å². The molecule has 4 atom stereocenters. The topological polar surface area (TPSA) is 113 Å². The Kier molecular flexibility index (Phi) is 12.9. The van der Waals surface area contributed by atoms with Gasteiger partial charge in [-0.1, -0.05) is 116 Å². The summed E-state index contributed by atoms with van der Waals surface area (Å²) in [6.07, 6.45) is 0.274. The minimum atomic E-state index is -0.887. The van der Waals surface area contributed by atoms with Crippen LogP contribution in [0.25, 0.3) is 11.1 Å². The first-order valence-corrected chi connectivity index (χ1v) is 20.9. The number of carbonyl (C=O) groups excluding carboxylic acids is 1. The van der Waals surface area contributed by atoms with Crippen molar-refractivity contribution in [3.05, 3.63) is 184 Å². The van der Waals surface area contributed by atoms with Crippen molar-refractivity contribution in [2.45, 2.75) is 57.0 Å². The van der Waals surface area contributed by atoms with Gasteiger partial charge in [-0.25, -0.2) is 4.79 Å². The highest BCUT2D eigenvalue weighted by Crippen LogP contribution is 2.43. The molecular weight excluding hydrogens is 774 g/mol. The number of urea groups is 1. The number of amides is 2. The first-order chi connectivity index (χ1) is 29.2. The van der Waals surface area contributed by atoms with E-state index in [2.05, 4.69) is 58.9 Å². The molecule has 0 saturated carbocycles. The van der Waals surface area contributed by atoms with Crippen LogP contribution in [-0.4, -0.2) is 46.9 Å². The predicted octanol–water partition coefficient (Wildman–Crippen LogP) is 10.4. The number of rotatable bonds is 12. The van der Waals surface area contributed by atoms with Gasteiger partial charge in [0.2, 0.25) is 0 Å². The number of aliphatic hydroxyl groups is 2. The van der Waals surface area contributed by atoms with Gasteiger partial charge in [-0.2, -0.15) is 0 Å². The molecule has 9 nitrogen and oxygen atoms in total. The van der Waals surface area contributed by atoms with Crippen LogP contribution in [0.15, 0.2) is 152 Å². The molecule has 2 aliphatic rings. The number of benzene rings is 6. The second-order valence-electron chi connectivity index (χ2n) is 15.7. The van der Waals surface area contributed by atoms with Crippen molar-refractivity contribution in [3.8, 4) is 22.6 Å². The summed E-state index contributed by atoms with van der Waals surface area (Å²) in [5, 5.41) is 27.7. The van der Waals surface area contributed by atoms with E-state index in [0.717, 1.165) is 57.8 Å². The summed E-state index contributed by atoms with van der Waals surface area (Å²) in [4.78, 5) is 15.2. The van der Waals surface area contributed by atoms with E-state index >= 15 is 0 Å². The Bertz CT molecular complexity index is 2320. The average Bonchev–Trinajstić information content (AvgIpc) is 3.28. The van der Waals surface area contributed by atoms with Gasteiger partial charge in [0.15, 0.2) is 6.29 Å². The van der Waals surface area contributed by atoms with Crippen molar-refractivity contribution in [2.75, 3.05) is 25.0 Å². The van der Waals surface area contributed by atoms with E-state index in [-0.39, 0.29) is 30.8 Å². The van der Waals surface area contributed by atoms with Crippen LogP contribution in [0.5, 0.6) is 11.5 Å². The first kappa shape index (κ1) is 41.2. The fourth-order valence-electron chi connectivity index (χ4n) is 8.02. The maximum Gasteiger partial charge on any atom is 0.319 e. The zero-order valence-corrected chi connectivity index (χ0v) is 34.3. The first-order valence-electron chi connectivity index (χ1n) is 20.5. The summed E-state index contributed by atoms with van der Waals surface area (Å²) in [6, 6.07) is 48.4. The molecule has 0 aliphatic carbocycles. The van der Waals surface area contributed by atoms with E-state index < -0.39 is 11.9 Å². The molecule has 0 spiro atoms. The maximum atomic E-state index is 12.8. The number of piperidine rings is 1. The molecule has 60 heavy (non-hydrogen) atoms. The monoisotopic (exact) mass is 823 g/mol. The quantitative estimate of drug-likeness (QED) is 0.0972. The summed E-state index contributed by atoms with van der Waals surface area (Å²) >= 11 is 6.12. The third-order valence-corrected chi connectivity index (χ3v) is 11.9. The van der Waals surface area contributed by atoms with E-state index in [9.17, 15) is 15.0 Å². The van der Waals surface area contributed by atoms with Crippen molar-refractivity contribution < 1.29 is 29.2 Å². The van der Waals surface area contributed by atoms with Gasteiger partial charge in [0, 0.05) is 48.4 Å². The van der Waals surface area contributed by atoms with Crippen molar-refractivity contribution in [2.24, 2.45) is 5.92 Å². The lowest BCUT2D eigenvalue weighted by molar-refractivity contribution is -0.277. The summed E-state index contributed by atoms with van der Waals surface area (Å²) in [6.45, 7) is 4.69. The number of nitrogens with one attached hydrogen (secondary N) is 2. The number of anilines is 1. The van der Waals surface area contributed by atoms with Gasteiger partial charge in [0.1, 0.15) is 11.5 Å². The van der Waals surface area contributed by atoms with E-state index in [1.165, 1.54) is 0 Å². The van der Waals surface area contributed by atoms with Crippen LogP contribution in [0.1, 0.15) is 60.0 Å². The highest BCUT2D eigenvalue weighted by Gasteiger charge is 2.41. The highest BCUT2D eigenvalue weighted by atomic mass is 35.5. The van der Waals surface area contributed by atoms with Crippen molar-refractivity contribution in [3.63, 3.8) is 0 Å². The Morgan fingerprint density at radius 1 is 0.767 bits per heavy atom. The molecule has 6 aromatic carbocycles. The lowest BCUT2D eigenvalue weighted by Crippen LogP contribution is -2.49. The zero-order valence-electron chi connectivity index (χ0n) is 33.5. The van der Waals surface area contributed by atoms with E-state index in [4.69, 9.17) is 25.8 Å². The van der Waals surface area contributed by atoms with Gasteiger partial charge in [0.25, 0.3) is 0 Å². The molecule has 4 N–H and O–H groups in total. The summed E-state index contributed by atoms with van der Waals surface area (Å²) in [5.41, 5.74) is 6.50. The lowest BCUT2D eigenvalue weighted by atomic mass is 9.84. The van der Waals surface area contributed by atoms with Crippen molar-refractivity contribution in [1.82, 2.24) is 10.2 Å². The Balaban J connectivity index is 0.905. The van der Waals surface area contributed by atoms with Crippen LogP contribution in [0.2, 0.25) is 5.02 Å². The lowest BCUT2D eigenvalue weighted by Gasteiger charge is -2.45. The molecular formula is C50H50ClN3O6. The third-order valence-electron chi connectivity index (χ3n) is 11.6. The van der Waals surface area contributed by atoms with E-state index in [0.29, 0.717) is 42.4 Å². The predicted molar refractivity (Wildman–Crippen MR) is 235 cm³/mol. The highest BCUT2D eigenvalue weighted by molar-refractivity contribution is 6.30. The number of hydrogen-bond acceptors (Lipinski definition) is 7. The molecule has 0 radical (unpaired) electrons. The molecule has 2 saturated heterocycles. The Morgan fingerprint density at radius 2 is 1.45 bits per heavy atom. The summed E-state index contributed by atoms with van der Waals surface area (Å²) in [5.74, 6) is 1.47. The van der Waals surface area contributed by atoms with E-state index in [1.807, 2.05) is 103 Å². The van der Waals surface area contributed by atoms with Crippen LogP contribution in [-0.2, 0) is 28.2 Å². The molecule has 2 amide bonds. The minimum Gasteiger partial charge on any atom is -0.457 e. The van der Waals surface area contributed by atoms with E-state index in [1.54, 1.807) is 12.1 Å². The summed E-state index contributed by atoms with van der Waals surface area (Å²) in [7, 11) is 0. The number of aliphatic hydroxyl groups excluding tert-OH is 1. The number of nitrogens with zero attached hydrogens (tertiary/aromatic N) is 1. The zero-order chi connectivity index (χ0) is 41.5. The second kappa shape index (κ2) is 18.8. The fourth-order valence-corrected chi connectivity index (χ4v) is 8.14. The number of likely N-dealkylation sites (tertiary alicyclic amines) is 1. The molecule has 8 rings (SSSR count). The number of ether oxygens (including phenoxy) is 3. The SMILES string of the molecule is C[C@H]1[C@@H](CN2CCC(O)(c3ccc(Cl)cc3)CC2)O[C@@H](c2ccc(-c3cccc(CNC(=O)Nc4ccc(Oc5ccccc5)cc4)c3)cc2)O[C@H]1c1ccc(CO)cc1. The van der Waals surface area contributed by atoms with Gasteiger partial charge in [-0.05, 0) is 101 Å². The van der Waals surface area contributed by atoms with Gasteiger partial charge >= 0.3 is 6.03 Å².